The van der Waals surface area contributed by atoms with E-state index in [1.54, 1.807) is 6.92 Å². The molecule has 0 saturated carbocycles. The van der Waals surface area contributed by atoms with Crippen LogP contribution in [0.5, 0.6) is 0 Å². The topological polar surface area (TPSA) is 81.7 Å². The first-order valence-corrected chi connectivity index (χ1v) is 6.83. The maximum absolute atomic E-state index is 12.1. The maximum atomic E-state index is 12.1. The number of carbonyl (C=O) groups is 2. The Kier molecular flexibility index (Phi) is 5.31. The second-order valence-corrected chi connectivity index (χ2v) is 5.74. The van der Waals surface area contributed by atoms with E-state index >= 15 is 0 Å². The predicted octanol–water partition coefficient (Wildman–Crippen LogP) is 0.313. The van der Waals surface area contributed by atoms with Crippen LogP contribution >= 0.6 is 0 Å². The summed E-state index contributed by atoms with van der Waals surface area (Å²) in [4.78, 5) is 24.9. The molecular weight excluding hydrogens is 246 g/mol. The Bertz CT molecular complexity index is 346. The number of hydrogen-bond donors (Lipinski definition) is 3. The molecule has 1 fully saturated rings. The van der Waals surface area contributed by atoms with Gasteiger partial charge in [-0.1, -0.05) is 20.8 Å². The number of rotatable bonds is 7. The largest absolute Gasteiger partial charge is 0.390 e. The van der Waals surface area contributed by atoms with Gasteiger partial charge in [-0.3, -0.25) is 9.69 Å². The lowest BCUT2D eigenvalue weighted by Gasteiger charge is -2.21. The fourth-order valence-corrected chi connectivity index (χ4v) is 1.97. The zero-order valence-corrected chi connectivity index (χ0v) is 12.2. The van der Waals surface area contributed by atoms with Gasteiger partial charge in [-0.05, 0) is 25.8 Å². The van der Waals surface area contributed by atoms with Crippen LogP contribution in [0.2, 0.25) is 0 Å². The van der Waals surface area contributed by atoms with Gasteiger partial charge in [0.05, 0.1) is 12.6 Å². The van der Waals surface area contributed by atoms with E-state index in [1.165, 1.54) is 0 Å². The zero-order valence-electron chi connectivity index (χ0n) is 12.2. The molecule has 0 bridgehead atoms. The van der Waals surface area contributed by atoms with Crippen LogP contribution in [0.25, 0.3) is 0 Å². The van der Waals surface area contributed by atoms with E-state index in [4.69, 9.17) is 0 Å². The van der Waals surface area contributed by atoms with Gasteiger partial charge < -0.3 is 15.7 Å². The quantitative estimate of drug-likeness (QED) is 0.582. The highest BCUT2D eigenvalue weighted by atomic mass is 16.3. The number of urea groups is 1. The van der Waals surface area contributed by atoms with Crippen LogP contribution in [0.1, 0.15) is 34.1 Å². The first kappa shape index (κ1) is 15.9. The Morgan fingerprint density at radius 3 is 2.47 bits per heavy atom. The van der Waals surface area contributed by atoms with Gasteiger partial charge in [-0.15, -0.1) is 0 Å². The maximum Gasteiger partial charge on any atom is 0.325 e. The van der Waals surface area contributed by atoms with Gasteiger partial charge in [0, 0.05) is 6.54 Å². The van der Waals surface area contributed by atoms with E-state index in [2.05, 4.69) is 24.5 Å². The molecule has 6 heteroatoms. The van der Waals surface area contributed by atoms with Crippen LogP contribution in [-0.2, 0) is 4.79 Å². The summed E-state index contributed by atoms with van der Waals surface area (Å²) in [7, 11) is 0. The third-order valence-corrected chi connectivity index (χ3v) is 3.38. The van der Waals surface area contributed by atoms with Gasteiger partial charge in [-0.25, -0.2) is 4.79 Å². The summed E-state index contributed by atoms with van der Waals surface area (Å²) >= 11 is 0. The summed E-state index contributed by atoms with van der Waals surface area (Å²) in [5, 5.41) is 15.6. The molecule has 1 rings (SSSR count). The lowest BCUT2D eigenvalue weighted by atomic mass is 9.99. The summed E-state index contributed by atoms with van der Waals surface area (Å²) in [6, 6.07) is -0.419. The molecule has 0 aromatic carbocycles. The van der Waals surface area contributed by atoms with Gasteiger partial charge in [0.15, 0.2) is 0 Å². The van der Waals surface area contributed by atoms with Gasteiger partial charge >= 0.3 is 6.03 Å². The molecule has 6 nitrogen and oxygen atoms in total. The van der Waals surface area contributed by atoms with Gasteiger partial charge in [0.2, 0.25) is 0 Å². The van der Waals surface area contributed by atoms with Crippen molar-refractivity contribution in [1.82, 2.24) is 15.5 Å². The summed E-state index contributed by atoms with van der Waals surface area (Å²) in [5.74, 6) is 0.232. The van der Waals surface area contributed by atoms with Crippen molar-refractivity contribution in [1.29, 1.82) is 0 Å². The Balaban J connectivity index is 2.48. The summed E-state index contributed by atoms with van der Waals surface area (Å²) in [6.07, 6.45) is -0.205. The van der Waals surface area contributed by atoms with E-state index < -0.39 is 17.7 Å². The molecule has 2 unspecified atom stereocenters. The summed E-state index contributed by atoms with van der Waals surface area (Å²) in [6.45, 7) is 8.90. The van der Waals surface area contributed by atoms with Crippen molar-refractivity contribution >= 4 is 11.9 Å². The number of nitrogens with one attached hydrogen (secondary N) is 2. The number of carbonyl (C=O) groups excluding carboxylic acids is 2. The molecule has 19 heavy (non-hydrogen) atoms. The molecule has 3 amide bonds. The van der Waals surface area contributed by atoms with Crippen LogP contribution in [0, 0.1) is 5.92 Å². The van der Waals surface area contributed by atoms with E-state index in [-0.39, 0.29) is 12.5 Å². The molecule has 0 aromatic rings. The molecule has 1 aliphatic rings. The number of imide groups is 1. The van der Waals surface area contributed by atoms with Crippen LogP contribution in [-0.4, -0.2) is 53.2 Å². The first-order valence-electron chi connectivity index (χ1n) is 6.83. The van der Waals surface area contributed by atoms with E-state index in [0.717, 1.165) is 11.4 Å². The Morgan fingerprint density at radius 2 is 2.00 bits per heavy atom. The van der Waals surface area contributed by atoms with Crippen LogP contribution in [0.4, 0.5) is 4.79 Å². The summed E-state index contributed by atoms with van der Waals surface area (Å²) < 4.78 is 0. The number of β-amino-alcohol motifs (C(OH)–C–C–N with tert-alkyl or cyclic N) is 1. The average molecular weight is 271 g/mol. The number of nitrogens with zero attached hydrogens (tertiary/aromatic N) is 1. The highest BCUT2D eigenvalue weighted by Gasteiger charge is 2.46. The zero-order chi connectivity index (χ0) is 14.6. The summed E-state index contributed by atoms with van der Waals surface area (Å²) in [5.41, 5.74) is -0.831. The molecule has 0 spiro atoms. The minimum absolute atomic E-state index is 0.0331. The molecular formula is C13H25N3O3. The third kappa shape index (κ3) is 3.91. The van der Waals surface area contributed by atoms with Crippen LogP contribution in [0.3, 0.4) is 0 Å². The van der Waals surface area contributed by atoms with Gasteiger partial charge in [0.1, 0.15) is 5.54 Å². The second-order valence-electron chi connectivity index (χ2n) is 5.74. The second kappa shape index (κ2) is 6.34. The van der Waals surface area contributed by atoms with E-state index in [1.807, 2.05) is 6.92 Å². The Morgan fingerprint density at radius 1 is 1.37 bits per heavy atom. The molecule has 1 aliphatic heterocycles. The molecule has 0 aromatic heterocycles. The fourth-order valence-electron chi connectivity index (χ4n) is 1.97. The number of hydrogen-bond acceptors (Lipinski definition) is 4. The van der Waals surface area contributed by atoms with Gasteiger partial charge in [0.25, 0.3) is 5.91 Å². The number of aliphatic hydroxyl groups excluding tert-OH is 1. The Hall–Kier alpha value is -1.14. The highest BCUT2D eigenvalue weighted by Crippen LogP contribution is 2.20. The molecule has 0 aliphatic carbocycles. The lowest BCUT2D eigenvalue weighted by molar-refractivity contribution is -0.131. The van der Waals surface area contributed by atoms with E-state index in [0.29, 0.717) is 18.9 Å². The molecule has 1 saturated heterocycles. The smallest absolute Gasteiger partial charge is 0.325 e. The SMILES string of the molecule is CCC1(C)NC(=O)N(CC(O)CNCC(C)C)C1=O. The standard InChI is InChI=1S/C13H25N3O3/c1-5-13(4)11(18)16(12(19)15-13)8-10(17)7-14-6-9(2)3/h9-10,14,17H,5-8H2,1-4H3,(H,15,19). The normalized spacial score (nSPS) is 25.1. The Labute approximate surface area is 114 Å². The molecule has 1 heterocycles. The third-order valence-electron chi connectivity index (χ3n) is 3.38. The van der Waals surface area contributed by atoms with Crippen molar-refractivity contribution in [3.63, 3.8) is 0 Å². The van der Waals surface area contributed by atoms with Crippen molar-refractivity contribution in [2.75, 3.05) is 19.6 Å². The fraction of sp³-hybridized carbons (Fsp3) is 0.846. The van der Waals surface area contributed by atoms with E-state index in [9.17, 15) is 14.7 Å². The minimum Gasteiger partial charge on any atom is -0.390 e. The van der Waals surface area contributed by atoms with Crippen LogP contribution in [0.15, 0.2) is 0 Å². The molecule has 2 atom stereocenters. The highest BCUT2D eigenvalue weighted by molar-refractivity contribution is 6.06. The minimum atomic E-state index is -0.831. The first-order chi connectivity index (χ1) is 8.80. The molecule has 3 N–H and O–H groups in total. The number of aliphatic hydroxyl groups is 1. The van der Waals surface area contributed by atoms with Crippen molar-refractivity contribution in [3.8, 4) is 0 Å². The average Bonchev–Trinajstić information content (AvgIpc) is 2.53. The predicted molar refractivity (Wildman–Crippen MR) is 72.7 cm³/mol. The molecule has 0 radical (unpaired) electrons. The van der Waals surface area contributed by atoms with Crippen molar-refractivity contribution in [2.24, 2.45) is 5.92 Å². The monoisotopic (exact) mass is 271 g/mol. The van der Waals surface area contributed by atoms with Crippen LogP contribution < -0.4 is 10.6 Å². The van der Waals surface area contributed by atoms with Crippen molar-refractivity contribution in [2.45, 2.75) is 45.8 Å². The van der Waals surface area contributed by atoms with Gasteiger partial charge in [-0.2, -0.15) is 0 Å². The van der Waals surface area contributed by atoms with Crippen molar-refractivity contribution in [3.05, 3.63) is 0 Å². The lowest BCUT2D eigenvalue weighted by Crippen LogP contribution is -2.45. The number of amides is 3. The van der Waals surface area contributed by atoms with Crippen molar-refractivity contribution < 1.29 is 14.7 Å². The molecule has 110 valence electrons.